The summed E-state index contributed by atoms with van der Waals surface area (Å²) in [4.78, 5) is 2.31. The minimum atomic E-state index is -0.0283. The second-order valence-electron chi connectivity index (χ2n) is 6.15. The van der Waals surface area contributed by atoms with Crippen LogP contribution < -0.4 is 5.73 Å². The van der Waals surface area contributed by atoms with Gasteiger partial charge in [0.2, 0.25) is 0 Å². The largest absolute Gasteiger partial charge is 0.409 e. The Labute approximate surface area is 120 Å². The summed E-state index contributed by atoms with van der Waals surface area (Å²) in [7, 11) is 0. The van der Waals surface area contributed by atoms with Crippen LogP contribution in [0.25, 0.3) is 0 Å². The monoisotopic (exact) mass is 285 g/mol. The van der Waals surface area contributed by atoms with Crippen LogP contribution in [-0.2, 0) is 9.47 Å². The van der Waals surface area contributed by atoms with Crippen molar-refractivity contribution < 1.29 is 14.7 Å². The molecule has 2 aliphatic heterocycles. The standard InChI is InChI=1S/C14H27N3O3/c1-11(2)17(10-13(15)16-18)12-3-6-20-14(9-12)4-7-19-8-5-14/h11-12,18H,3-10H2,1-2H3,(H2,15,16). The third kappa shape index (κ3) is 3.62. The fourth-order valence-corrected chi connectivity index (χ4v) is 3.33. The normalized spacial score (nSPS) is 27.4. The van der Waals surface area contributed by atoms with Crippen molar-refractivity contribution in [3.8, 4) is 0 Å². The van der Waals surface area contributed by atoms with E-state index in [0.717, 1.165) is 45.5 Å². The lowest BCUT2D eigenvalue weighted by Gasteiger charge is -2.47. The average Bonchev–Trinajstić information content (AvgIpc) is 2.45. The van der Waals surface area contributed by atoms with Crippen molar-refractivity contribution in [3.63, 3.8) is 0 Å². The maximum atomic E-state index is 8.80. The molecule has 2 rings (SSSR count). The van der Waals surface area contributed by atoms with E-state index in [4.69, 9.17) is 20.4 Å². The molecule has 0 saturated carbocycles. The van der Waals surface area contributed by atoms with Gasteiger partial charge in [-0.05, 0) is 39.5 Å². The number of oxime groups is 1. The van der Waals surface area contributed by atoms with E-state index in [9.17, 15) is 0 Å². The second-order valence-corrected chi connectivity index (χ2v) is 6.15. The highest BCUT2D eigenvalue weighted by molar-refractivity contribution is 5.81. The first-order chi connectivity index (χ1) is 9.56. The second kappa shape index (κ2) is 6.74. The van der Waals surface area contributed by atoms with Crippen LogP contribution in [0, 0.1) is 0 Å². The van der Waals surface area contributed by atoms with Gasteiger partial charge in [-0.1, -0.05) is 5.16 Å². The van der Waals surface area contributed by atoms with E-state index in [1.807, 2.05) is 0 Å². The first-order valence-corrected chi connectivity index (χ1v) is 7.50. The molecule has 0 amide bonds. The quantitative estimate of drug-likeness (QED) is 0.351. The molecule has 0 bridgehead atoms. The molecule has 0 aliphatic carbocycles. The van der Waals surface area contributed by atoms with Crippen molar-refractivity contribution in [2.75, 3.05) is 26.4 Å². The van der Waals surface area contributed by atoms with Gasteiger partial charge in [-0.3, -0.25) is 4.90 Å². The summed E-state index contributed by atoms with van der Waals surface area (Å²) in [6, 6.07) is 0.775. The molecule has 3 N–H and O–H groups in total. The zero-order chi connectivity index (χ0) is 14.6. The number of hydrogen-bond acceptors (Lipinski definition) is 5. The number of nitrogens with two attached hydrogens (primary N) is 1. The number of amidine groups is 1. The van der Waals surface area contributed by atoms with Crippen LogP contribution in [0.1, 0.15) is 39.5 Å². The number of nitrogens with zero attached hydrogens (tertiary/aromatic N) is 2. The van der Waals surface area contributed by atoms with E-state index in [1.165, 1.54) is 0 Å². The predicted octanol–water partition coefficient (Wildman–Crippen LogP) is 1.17. The first-order valence-electron chi connectivity index (χ1n) is 7.50. The lowest BCUT2D eigenvalue weighted by Crippen LogP contribution is -2.54. The zero-order valence-corrected chi connectivity index (χ0v) is 12.5. The van der Waals surface area contributed by atoms with Gasteiger partial charge in [0.25, 0.3) is 0 Å². The summed E-state index contributed by atoms with van der Waals surface area (Å²) in [6.45, 7) is 7.16. The predicted molar refractivity (Wildman–Crippen MR) is 77.0 cm³/mol. The number of rotatable bonds is 4. The Morgan fingerprint density at radius 1 is 1.40 bits per heavy atom. The minimum Gasteiger partial charge on any atom is -0.409 e. The number of ether oxygens (including phenoxy) is 2. The van der Waals surface area contributed by atoms with E-state index in [-0.39, 0.29) is 11.4 Å². The van der Waals surface area contributed by atoms with Gasteiger partial charge in [0.15, 0.2) is 5.84 Å². The lowest BCUT2D eigenvalue weighted by atomic mass is 9.83. The molecule has 116 valence electrons. The Balaban J connectivity index is 2.04. The van der Waals surface area contributed by atoms with Gasteiger partial charge < -0.3 is 20.4 Å². The van der Waals surface area contributed by atoms with E-state index >= 15 is 0 Å². The Bertz CT molecular complexity index is 335. The van der Waals surface area contributed by atoms with Crippen LogP contribution in [-0.4, -0.2) is 60.0 Å². The highest BCUT2D eigenvalue weighted by atomic mass is 16.5. The molecule has 20 heavy (non-hydrogen) atoms. The van der Waals surface area contributed by atoms with E-state index < -0.39 is 0 Å². The highest BCUT2D eigenvalue weighted by Crippen LogP contribution is 2.36. The average molecular weight is 285 g/mol. The first kappa shape index (κ1) is 15.5. The van der Waals surface area contributed by atoms with Crippen LogP contribution in [0.15, 0.2) is 5.16 Å². The topological polar surface area (TPSA) is 80.3 Å². The molecule has 0 aromatic carbocycles. The summed E-state index contributed by atoms with van der Waals surface area (Å²) in [5.74, 6) is 0.270. The van der Waals surface area contributed by atoms with Crippen LogP contribution >= 0.6 is 0 Å². The van der Waals surface area contributed by atoms with Crippen molar-refractivity contribution in [3.05, 3.63) is 0 Å². The Morgan fingerprint density at radius 3 is 2.70 bits per heavy atom. The van der Waals surface area contributed by atoms with Crippen LogP contribution in [0.4, 0.5) is 0 Å². The Morgan fingerprint density at radius 2 is 2.10 bits per heavy atom. The van der Waals surface area contributed by atoms with E-state index in [1.54, 1.807) is 0 Å². The van der Waals surface area contributed by atoms with Gasteiger partial charge >= 0.3 is 0 Å². The molecular weight excluding hydrogens is 258 g/mol. The van der Waals surface area contributed by atoms with Gasteiger partial charge in [0.05, 0.1) is 12.1 Å². The van der Waals surface area contributed by atoms with Crippen molar-refractivity contribution in [2.45, 2.75) is 57.2 Å². The van der Waals surface area contributed by atoms with Crippen molar-refractivity contribution in [1.82, 2.24) is 4.90 Å². The fraction of sp³-hybridized carbons (Fsp3) is 0.929. The fourth-order valence-electron chi connectivity index (χ4n) is 3.33. The molecule has 2 heterocycles. The molecular formula is C14H27N3O3. The molecule has 2 saturated heterocycles. The van der Waals surface area contributed by atoms with Gasteiger partial charge in [-0.15, -0.1) is 0 Å². The van der Waals surface area contributed by atoms with Gasteiger partial charge in [-0.25, -0.2) is 0 Å². The Hall–Kier alpha value is -0.850. The molecule has 0 aromatic rings. The Kier molecular flexibility index (Phi) is 5.23. The third-order valence-corrected chi connectivity index (χ3v) is 4.48. The highest BCUT2D eigenvalue weighted by Gasteiger charge is 2.41. The molecule has 0 radical (unpaired) electrons. The van der Waals surface area contributed by atoms with Gasteiger partial charge in [0, 0.05) is 31.9 Å². The summed E-state index contributed by atoms with van der Waals surface area (Å²) < 4.78 is 11.5. The van der Waals surface area contributed by atoms with Crippen LogP contribution in [0.2, 0.25) is 0 Å². The van der Waals surface area contributed by atoms with Crippen molar-refractivity contribution in [2.24, 2.45) is 10.9 Å². The van der Waals surface area contributed by atoms with E-state index in [0.29, 0.717) is 18.6 Å². The van der Waals surface area contributed by atoms with Crippen molar-refractivity contribution >= 4 is 5.84 Å². The van der Waals surface area contributed by atoms with E-state index in [2.05, 4.69) is 23.9 Å². The SMILES string of the molecule is CC(C)N(CC(N)=NO)C1CCOC2(CCOCC2)C1. The molecule has 1 atom stereocenters. The van der Waals surface area contributed by atoms with Crippen molar-refractivity contribution in [1.29, 1.82) is 0 Å². The molecule has 6 heteroatoms. The maximum absolute atomic E-state index is 8.80. The molecule has 6 nitrogen and oxygen atoms in total. The smallest absolute Gasteiger partial charge is 0.153 e. The minimum absolute atomic E-state index is 0.0283. The summed E-state index contributed by atoms with van der Waals surface area (Å²) >= 11 is 0. The molecule has 1 spiro atoms. The molecule has 2 fully saturated rings. The van der Waals surface area contributed by atoms with Gasteiger partial charge in [-0.2, -0.15) is 0 Å². The van der Waals surface area contributed by atoms with Crippen LogP contribution in [0.5, 0.6) is 0 Å². The summed E-state index contributed by atoms with van der Waals surface area (Å²) in [6.07, 6.45) is 3.95. The third-order valence-electron chi connectivity index (χ3n) is 4.48. The molecule has 2 aliphatic rings. The molecule has 0 aromatic heterocycles. The summed E-state index contributed by atoms with van der Waals surface area (Å²) in [5.41, 5.74) is 5.67. The molecule has 1 unspecified atom stereocenters. The lowest BCUT2D eigenvalue weighted by molar-refractivity contribution is -0.152. The zero-order valence-electron chi connectivity index (χ0n) is 12.5. The number of hydrogen-bond donors (Lipinski definition) is 2. The van der Waals surface area contributed by atoms with Crippen LogP contribution in [0.3, 0.4) is 0 Å². The maximum Gasteiger partial charge on any atom is 0.153 e. The summed E-state index contributed by atoms with van der Waals surface area (Å²) in [5, 5.41) is 11.9. The van der Waals surface area contributed by atoms with Gasteiger partial charge in [0.1, 0.15) is 0 Å².